The average molecular weight is 276 g/mol. The van der Waals surface area contributed by atoms with Gasteiger partial charge in [0.05, 0.1) is 10.4 Å². The van der Waals surface area contributed by atoms with Crippen LogP contribution in [0.1, 0.15) is 22.6 Å². The first kappa shape index (κ1) is 12.7. The van der Waals surface area contributed by atoms with Crippen molar-refractivity contribution in [2.45, 2.75) is 24.8 Å². The highest BCUT2D eigenvalue weighted by atomic mass is 35.5. The van der Waals surface area contributed by atoms with E-state index in [4.69, 9.17) is 23.2 Å². The van der Waals surface area contributed by atoms with Crippen molar-refractivity contribution in [3.8, 4) is 0 Å². The number of carbonyl (C=O) groups excluding carboxylic acids is 1. The van der Waals surface area contributed by atoms with Crippen LogP contribution in [0, 0.1) is 6.92 Å². The lowest BCUT2D eigenvalue weighted by atomic mass is 10.1. The number of nitrogens with one attached hydrogen (secondary N) is 3. The number of hydrogen-bond donors (Lipinski definition) is 3. The Bertz CT molecular complexity index is 399. The molecule has 1 aromatic heterocycles. The van der Waals surface area contributed by atoms with Crippen LogP contribution in [0.5, 0.6) is 0 Å². The van der Waals surface area contributed by atoms with Crippen molar-refractivity contribution >= 4 is 29.1 Å². The quantitative estimate of drug-likeness (QED) is 0.720. The molecule has 4 nitrogen and oxygen atoms in total. The molecule has 0 spiro atoms. The third-order valence-corrected chi connectivity index (χ3v) is 3.77. The zero-order valence-corrected chi connectivity index (χ0v) is 11.0. The van der Waals surface area contributed by atoms with Crippen LogP contribution in [0.15, 0.2) is 6.07 Å². The Balaban J connectivity index is 2.01. The van der Waals surface area contributed by atoms with Gasteiger partial charge in [0.1, 0.15) is 5.69 Å². The number of piperidine rings is 1. The molecule has 6 heteroatoms. The van der Waals surface area contributed by atoms with Gasteiger partial charge < -0.3 is 15.6 Å². The third kappa shape index (κ3) is 2.94. The summed E-state index contributed by atoms with van der Waals surface area (Å²) in [6, 6.07) is 1.64. The van der Waals surface area contributed by atoms with Gasteiger partial charge >= 0.3 is 0 Å². The van der Waals surface area contributed by atoms with E-state index in [-0.39, 0.29) is 17.3 Å². The van der Waals surface area contributed by atoms with E-state index in [0.717, 1.165) is 25.2 Å². The number of aryl methyl sites for hydroxylation is 1. The lowest BCUT2D eigenvalue weighted by Crippen LogP contribution is -2.50. The minimum Gasteiger partial charge on any atom is -0.353 e. The summed E-state index contributed by atoms with van der Waals surface area (Å²) in [6.45, 7) is 3.42. The minimum absolute atomic E-state index is 0.00722. The molecule has 1 fully saturated rings. The molecule has 2 rings (SSSR count). The zero-order valence-electron chi connectivity index (χ0n) is 9.52. The fourth-order valence-corrected chi connectivity index (χ4v) is 2.34. The van der Waals surface area contributed by atoms with Crippen molar-refractivity contribution in [1.29, 1.82) is 0 Å². The molecule has 1 aliphatic rings. The third-order valence-electron chi connectivity index (χ3n) is 2.92. The Hall–Kier alpha value is -0.710. The van der Waals surface area contributed by atoms with Gasteiger partial charge in [-0.3, -0.25) is 4.79 Å². The van der Waals surface area contributed by atoms with E-state index in [1.54, 1.807) is 6.07 Å². The Labute approximate surface area is 110 Å². The van der Waals surface area contributed by atoms with Crippen molar-refractivity contribution < 1.29 is 4.79 Å². The van der Waals surface area contributed by atoms with Crippen LogP contribution >= 0.6 is 23.2 Å². The number of hydrogen-bond acceptors (Lipinski definition) is 2. The van der Waals surface area contributed by atoms with Crippen LogP contribution in [-0.2, 0) is 0 Å². The van der Waals surface area contributed by atoms with Gasteiger partial charge in [0, 0.05) is 18.3 Å². The summed E-state index contributed by atoms with van der Waals surface area (Å²) in [5, 5.41) is 6.61. The first-order valence-corrected chi connectivity index (χ1v) is 6.40. The second-order valence-corrected chi connectivity index (χ2v) is 5.21. The van der Waals surface area contributed by atoms with E-state index >= 15 is 0 Å². The van der Waals surface area contributed by atoms with Crippen LogP contribution < -0.4 is 10.6 Å². The summed E-state index contributed by atoms with van der Waals surface area (Å²) in [6.07, 6.45) is 0.841. The Morgan fingerprint density at radius 1 is 1.59 bits per heavy atom. The Kier molecular flexibility index (Phi) is 3.97. The van der Waals surface area contributed by atoms with Crippen molar-refractivity contribution in [1.82, 2.24) is 15.6 Å². The van der Waals surface area contributed by atoms with Gasteiger partial charge in [0.2, 0.25) is 0 Å². The summed E-state index contributed by atoms with van der Waals surface area (Å²) >= 11 is 12.0. The zero-order chi connectivity index (χ0) is 12.4. The van der Waals surface area contributed by atoms with Crippen LogP contribution in [0.25, 0.3) is 0 Å². The van der Waals surface area contributed by atoms with Crippen LogP contribution in [0.4, 0.5) is 0 Å². The molecule has 2 atom stereocenters. The summed E-state index contributed by atoms with van der Waals surface area (Å²) in [5.41, 5.74) is 1.28. The fourth-order valence-electron chi connectivity index (χ4n) is 1.88. The van der Waals surface area contributed by atoms with E-state index in [9.17, 15) is 4.79 Å². The van der Waals surface area contributed by atoms with Crippen molar-refractivity contribution in [3.05, 3.63) is 22.5 Å². The summed E-state index contributed by atoms with van der Waals surface area (Å²) in [7, 11) is 0. The molecule has 0 aromatic carbocycles. The van der Waals surface area contributed by atoms with Crippen molar-refractivity contribution in [2.24, 2.45) is 0 Å². The van der Waals surface area contributed by atoms with E-state index in [2.05, 4.69) is 15.6 Å². The highest BCUT2D eigenvalue weighted by molar-refractivity contribution is 6.31. The first-order chi connectivity index (χ1) is 8.08. The van der Waals surface area contributed by atoms with Crippen molar-refractivity contribution in [3.63, 3.8) is 0 Å². The molecule has 0 aliphatic carbocycles. The maximum absolute atomic E-state index is 11.9. The SMILES string of the molecule is Cc1[nH]c(C(=O)NC2CCNCC2Cl)cc1Cl. The molecule has 17 heavy (non-hydrogen) atoms. The van der Waals surface area contributed by atoms with Gasteiger partial charge in [-0.15, -0.1) is 11.6 Å². The molecule has 94 valence electrons. The summed E-state index contributed by atoms with van der Waals surface area (Å²) < 4.78 is 0. The lowest BCUT2D eigenvalue weighted by Gasteiger charge is -2.28. The van der Waals surface area contributed by atoms with Crippen LogP contribution in [0.2, 0.25) is 5.02 Å². The topological polar surface area (TPSA) is 56.9 Å². The Morgan fingerprint density at radius 3 is 2.94 bits per heavy atom. The summed E-state index contributed by atoms with van der Waals surface area (Å²) in [4.78, 5) is 14.9. The van der Waals surface area contributed by atoms with Gasteiger partial charge in [-0.2, -0.15) is 0 Å². The molecule has 1 saturated heterocycles. The lowest BCUT2D eigenvalue weighted by molar-refractivity contribution is 0.0926. The number of rotatable bonds is 2. The number of aromatic amines is 1. The van der Waals surface area contributed by atoms with Crippen LogP contribution in [-0.4, -0.2) is 35.4 Å². The molecule has 1 aromatic rings. The minimum atomic E-state index is -0.155. The van der Waals surface area contributed by atoms with Gasteiger partial charge in [0.15, 0.2) is 0 Å². The smallest absolute Gasteiger partial charge is 0.268 e. The number of carbonyl (C=O) groups is 1. The van der Waals surface area contributed by atoms with Gasteiger partial charge in [-0.05, 0) is 26.0 Å². The molecule has 2 unspecified atom stereocenters. The number of halogens is 2. The molecule has 2 heterocycles. The highest BCUT2D eigenvalue weighted by Gasteiger charge is 2.25. The molecule has 0 radical (unpaired) electrons. The Morgan fingerprint density at radius 2 is 2.35 bits per heavy atom. The second kappa shape index (κ2) is 5.29. The van der Waals surface area contributed by atoms with E-state index < -0.39 is 0 Å². The van der Waals surface area contributed by atoms with E-state index in [0.29, 0.717) is 10.7 Å². The predicted octanol–water partition coefficient (Wildman–Crippen LogP) is 1.68. The molecular formula is C11H15Cl2N3O. The maximum atomic E-state index is 11.9. The molecule has 0 saturated carbocycles. The summed E-state index contributed by atoms with van der Waals surface area (Å²) in [5.74, 6) is -0.155. The average Bonchev–Trinajstić information content (AvgIpc) is 2.63. The van der Waals surface area contributed by atoms with Gasteiger partial charge in [-0.25, -0.2) is 0 Å². The first-order valence-electron chi connectivity index (χ1n) is 5.58. The number of alkyl halides is 1. The fraction of sp³-hybridized carbons (Fsp3) is 0.545. The molecule has 1 amide bonds. The molecular weight excluding hydrogens is 261 g/mol. The number of aromatic nitrogens is 1. The molecule has 1 aliphatic heterocycles. The number of amides is 1. The highest BCUT2D eigenvalue weighted by Crippen LogP contribution is 2.17. The molecule has 0 bridgehead atoms. The van der Waals surface area contributed by atoms with Crippen LogP contribution in [0.3, 0.4) is 0 Å². The van der Waals surface area contributed by atoms with E-state index in [1.165, 1.54) is 0 Å². The number of H-pyrrole nitrogens is 1. The maximum Gasteiger partial charge on any atom is 0.268 e. The predicted molar refractivity (Wildman–Crippen MR) is 68.9 cm³/mol. The standard InChI is InChI=1S/C11H15Cl2N3O/c1-6-7(12)4-10(15-6)11(17)16-9-2-3-14-5-8(9)13/h4,8-9,14-15H,2-3,5H2,1H3,(H,16,17). The van der Waals surface area contributed by atoms with E-state index in [1.807, 2.05) is 6.92 Å². The normalized spacial score (nSPS) is 24.6. The monoisotopic (exact) mass is 275 g/mol. The largest absolute Gasteiger partial charge is 0.353 e. The van der Waals surface area contributed by atoms with Crippen molar-refractivity contribution in [2.75, 3.05) is 13.1 Å². The molecule has 3 N–H and O–H groups in total. The van der Waals surface area contributed by atoms with Gasteiger partial charge in [0.25, 0.3) is 5.91 Å². The second-order valence-electron chi connectivity index (χ2n) is 4.24. The van der Waals surface area contributed by atoms with Gasteiger partial charge in [-0.1, -0.05) is 11.6 Å².